The van der Waals surface area contributed by atoms with Crippen LogP contribution in [0.5, 0.6) is 11.5 Å². The fourth-order valence-electron chi connectivity index (χ4n) is 0.973. The van der Waals surface area contributed by atoms with Crippen molar-refractivity contribution in [1.82, 2.24) is 0 Å². The van der Waals surface area contributed by atoms with Crippen LogP contribution >= 0.6 is 0 Å². The third-order valence-corrected chi connectivity index (χ3v) is 1.67. The molecule has 0 bridgehead atoms. The Labute approximate surface area is 112 Å². The molecular weight excluding hydrogens is 216 g/mol. The lowest BCUT2D eigenvalue weighted by Gasteiger charge is -2.06. The second kappa shape index (κ2) is 5.16. The summed E-state index contributed by atoms with van der Waals surface area (Å²) in [5.74, 6) is -2.45. The number of carbonyl (C=O) groups excluding carboxylic acids is 1. The van der Waals surface area contributed by atoms with Crippen molar-refractivity contribution >= 4 is 5.97 Å². The summed E-state index contributed by atoms with van der Waals surface area (Å²) in [7, 11) is 1.01. The molecule has 0 unspecified atom stereocenters. The average Bonchev–Trinajstić information content (AvgIpc) is 2.62. The molecule has 0 radical (unpaired) electrons. The first-order valence-electron chi connectivity index (χ1n) is 8.97. The number of methoxy groups -OCH3 is 1. The van der Waals surface area contributed by atoms with Crippen LogP contribution in [-0.4, -0.2) is 13.1 Å². The molecule has 0 aliphatic heterocycles. The van der Waals surface area contributed by atoms with E-state index in [4.69, 9.17) is 17.1 Å². The Hall–Kier alpha value is -2.29. The highest BCUT2D eigenvalue weighted by Gasteiger charge is 2.06. The van der Waals surface area contributed by atoms with Crippen molar-refractivity contribution < 1.29 is 26.6 Å². The standard InChI is InChI=1S/C14H12O3/c1-16-14(15)11-6-5-9-13(10-11)17-12-7-3-2-4-8-12/h2-10H,1H3/i2D,3D,4D,5D,6D,7D,8D,9D,10D. The van der Waals surface area contributed by atoms with E-state index in [0.717, 1.165) is 7.11 Å². The first kappa shape index (κ1) is 4.53. The molecule has 0 aliphatic carbocycles. The Morgan fingerprint density at radius 1 is 1.06 bits per heavy atom. The molecule has 0 N–H and O–H groups in total. The molecule has 0 saturated carbocycles. The summed E-state index contributed by atoms with van der Waals surface area (Å²) in [5, 5.41) is 0. The van der Waals surface area contributed by atoms with E-state index in [9.17, 15) is 4.79 Å². The molecular formula is C14H12O3. The Morgan fingerprint density at radius 2 is 1.76 bits per heavy atom. The molecule has 0 aliphatic rings. The van der Waals surface area contributed by atoms with Crippen molar-refractivity contribution in [3.63, 3.8) is 0 Å². The van der Waals surface area contributed by atoms with Gasteiger partial charge in [-0.15, -0.1) is 0 Å². The van der Waals surface area contributed by atoms with Gasteiger partial charge >= 0.3 is 5.97 Å². The van der Waals surface area contributed by atoms with Gasteiger partial charge in [0.1, 0.15) is 11.5 Å². The predicted molar refractivity (Wildman–Crippen MR) is 64.3 cm³/mol. The lowest BCUT2D eigenvalue weighted by atomic mass is 10.2. The number of para-hydroxylation sites is 1. The van der Waals surface area contributed by atoms with Crippen molar-refractivity contribution in [1.29, 1.82) is 0 Å². The summed E-state index contributed by atoms with van der Waals surface area (Å²) >= 11 is 0. The van der Waals surface area contributed by atoms with Crippen molar-refractivity contribution in [2.24, 2.45) is 0 Å². The molecule has 2 aromatic rings. The van der Waals surface area contributed by atoms with E-state index in [0.29, 0.717) is 0 Å². The smallest absolute Gasteiger partial charge is 0.337 e. The van der Waals surface area contributed by atoms with Crippen LogP contribution in [0.3, 0.4) is 0 Å². The van der Waals surface area contributed by atoms with E-state index in [1.165, 1.54) is 0 Å². The second-order valence-corrected chi connectivity index (χ2v) is 2.75. The first-order valence-corrected chi connectivity index (χ1v) is 4.47. The molecule has 86 valence electrons. The van der Waals surface area contributed by atoms with Gasteiger partial charge in [-0.3, -0.25) is 0 Å². The minimum Gasteiger partial charge on any atom is -0.465 e. The minimum absolute atomic E-state index is 0.629. The van der Waals surface area contributed by atoms with Gasteiger partial charge in [-0.05, 0) is 30.2 Å². The Kier molecular flexibility index (Phi) is 1.38. The summed E-state index contributed by atoms with van der Waals surface area (Å²) in [6.07, 6.45) is 0. The van der Waals surface area contributed by atoms with Gasteiger partial charge in [0.05, 0.1) is 25.0 Å². The Balaban J connectivity index is 2.77. The zero-order valence-corrected chi connectivity index (χ0v) is 8.72. The maximum absolute atomic E-state index is 11.8. The van der Waals surface area contributed by atoms with Crippen molar-refractivity contribution in [2.75, 3.05) is 7.11 Å². The molecule has 0 spiro atoms. The monoisotopic (exact) mass is 237 g/mol. The number of hydrogen-bond donors (Lipinski definition) is 0. The van der Waals surface area contributed by atoms with E-state index < -0.39 is 77.4 Å². The molecule has 2 aromatic carbocycles. The van der Waals surface area contributed by atoms with Crippen LogP contribution in [0, 0.1) is 0 Å². The van der Waals surface area contributed by atoms with Gasteiger partial charge < -0.3 is 9.47 Å². The van der Waals surface area contributed by atoms with E-state index in [2.05, 4.69) is 4.74 Å². The van der Waals surface area contributed by atoms with Crippen LogP contribution in [0.1, 0.15) is 22.7 Å². The molecule has 3 heteroatoms. The largest absolute Gasteiger partial charge is 0.465 e. The minimum atomic E-state index is -1.10. The average molecular weight is 237 g/mol. The summed E-state index contributed by atoms with van der Waals surface area (Å²) in [5.41, 5.74) is -0.629. The van der Waals surface area contributed by atoms with Crippen LogP contribution < -0.4 is 4.74 Å². The zero-order chi connectivity index (χ0) is 19.9. The Morgan fingerprint density at radius 3 is 2.47 bits per heavy atom. The third-order valence-electron chi connectivity index (χ3n) is 1.67. The topological polar surface area (TPSA) is 35.5 Å². The van der Waals surface area contributed by atoms with Gasteiger partial charge in [0.25, 0.3) is 0 Å². The van der Waals surface area contributed by atoms with Crippen molar-refractivity contribution in [3.8, 4) is 11.5 Å². The van der Waals surface area contributed by atoms with Gasteiger partial charge in [-0.1, -0.05) is 24.2 Å². The van der Waals surface area contributed by atoms with Crippen molar-refractivity contribution in [2.45, 2.75) is 0 Å². The highest BCUT2D eigenvalue weighted by atomic mass is 16.5. The van der Waals surface area contributed by atoms with Gasteiger partial charge in [-0.25, -0.2) is 4.79 Å². The number of ether oxygens (including phenoxy) is 2. The molecule has 0 saturated heterocycles. The third kappa shape index (κ3) is 2.84. The van der Waals surface area contributed by atoms with Crippen LogP contribution in [0.15, 0.2) is 54.4 Å². The number of carbonyl (C=O) groups is 1. The quantitative estimate of drug-likeness (QED) is 0.768. The maximum Gasteiger partial charge on any atom is 0.337 e. The molecule has 17 heavy (non-hydrogen) atoms. The van der Waals surface area contributed by atoms with Crippen LogP contribution in [0.25, 0.3) is 0 Å². The fraction of sp³-hybridized carbons (Fsp3) is 0.0714. The number of hydrogen-bond acceptors (Lipinski definition) is 3. The number of rotatable bonds is 3. The molecule has 3 nitrogen and oxygen atoms in total. The van der Waals surface area contributed by atoms with E-state index in [1.807, 2.05) is 0 Å². The van der Waals surface area contributed by atoms with E-state index >= 15 is 0 Å². The van der Waals surface area contributed by atoms with Crippen LogP contribution in [-0.2, 0) is 4.74 Å². The molecule has 0 amide bonds. The summed E-state index contributed by atoms with van der Waals surface area (Å²) in [4.78, 5) is 11.8. The van der Waals surface area contributed by atoms with E-state index in [1.54, 1.807) is 0 Å². The fourth-order valence-corrected chi connectivity index (χ4v) is 0.973. The van der Waals surface area contributed by atoms with Gasteiger partial charge in [0.2, 0.25) is 0 Å². The Bertz CT molecular complexity index is 898. The first-order chi connectivity index (χ1) is 12.0. The SMILES string of the molecule is [2H]c1c([2H])c([2H])c(Oc2c([2H])c([2H])c([2H])c(C(=O)OC)c2[2H])c([2H])c1[2H]. The summed E-state index contributed by atoms with van der Waals surface area (Å²) in [6, 6.07) is -6.38. The van der Waals surface area contributed by atoms with Crippen molar-refractivity contribution in [3.05, 3.63) is 59.9 Å². The zero-order valence-electron chi connectivity index (χ0n) is 17.7. The summed E-state index contributed by atoms with van der Waals surface area (Å²) < 4.78 is 79.3. The van der Waals surface area contributed by atoms with Crippen LogP contribution in [0.4, 0.5) is 0 Å². The molecule has 0 aromatic heterocycles. The van der Waals surface area contributed by atoms with E-state index in [-0.39, 0.29) is 0 Å². The predicted octanol–water partition coefficient (Wildman–Crippen LogP) is 3.27. The number of benzene rings is 2. The maximum atomic E-state index is 11.8. The molecule has 2 rings (SSSR count). The number of esters is 1. The molecule has 0 fully saturated rings. The molecule has 0 atom stereocenters. The highest BCUT2D eigenvalue weighted by Crippen LogP contribution is 2.21. The van der Waals surface area contributed by atoms with Gasteiger partial charge in [0.15, 0.2) is 0 Å². The highest BCUT2D eigenvalue weighted by molar-refractivity contribution is 5.89. The summed E-state index contributed by atoms with van der Waals surface area (Å²) in [6.45, 7) is 0. The van der Waals surface area contributed by atoms with Gasteiger partial charge in [0, 0.05) is 0 Å². The second-order valence-electron chi connectivity index (χ2n) is 2.75. The molecule has 0 heterocycles. The lowest BCUT2D eigenvalue weighted by Crippen LogP contribution is -2.00. The van der Waals surface area contributed by atoms with Gasteiger partial charge in [-0.2, -0.15) is 0 Å². The normalized spacial score (nSPS) is 17.1. The van der Waals surface area contributed by atoms with Crippen LogP contribution in [0.2, 0.25) is 0 Å². The lowest BCUT2D eigenvalue weighted by molar-refractivity contribution is 0.0600.